The van der Waals surface area contributed by atoms with Gasteiger partial charge < -0.3 is 9.63 Å². The van der Waals surface area contributed by atoms with E-state index in [0.29, 0.717) is 11.7 Å². The van der Waals surface area contributed by atoms with Gasteiger partial charge in [-0.3, -0.25) is 0 Å². The molecular weight excluding hydrogens is 204 g/mol. The molecule has 0 unspecified atom stereocenters. The average molecular weight is 218 g/mol. The van der Waals surface area contributed by atoms with E-state index in [-0.39, 0.29) is 6.61 Å². The molecule has 1 heterocycles. The predicted molar refractivity (Wildman–Crippen MR) is 59.7 cm³/mol. The molecule has 0 fully saturated rings. The monoisotopic (exact) mass is 218 g/mol. The molecule has 2 aromatic rings. The summed E-state index contributed by atoms with van der Waals surface area (Å²) in [5, 5.41) is 12.9. The second-order valence-corrected chi connectivity index (χ2v) is 3.62. The second kappa shape index (κ2) is 4.90. The highest BCUT2D eigenvalue weighted by Gasteiger charge is 2.07. The first-order valence-electron chi connectivity index (χ1n) is 5.36. The Morgan fingerprint density at radius 2 is 2.25 bits per heavy atom. The van der Waals surface area contributed by atoms with Crippen LogP contribution in [-0.4, -0.2) is 15.2 Å². The quantitative estimate of drug-likeness (QED) is 0.854. The Hall–Kier alpha value is -1.68. The van der Waals surface area contributed by atoms with Gasteiger partial charge in [0.1, 0.15) is 0 Å². The van der Waals surface area contributed by atoms with Crippen molar-refractivity contribution < 1.29 is 9.63 Å². The lowest BCUT2D eigenvalue weighted by molar-refractivity contribution is 0.282. The van der Waals surface area contributed by atoms with Gasteiger partial charge in [-0.2, -0.15) is 4.98 Å². The molecule has 16 heavy (non-hydrogen) atoms. The zero-order valence-corrected chi connectivity index (χ0v) is 9.18. The molecule has 4 nitrogen and oxygen atoms in total. The third-order valence-electron chi connectivity index (χ3n) is 2.30. The van der Waals surface area contributed by atoms with E-state index in [1.165, 1.54) is 0 Å². The number of hydrogen-bond acceptors (Lipinski definition) is 4. The number of nitrogens with zero attached hydrogens (tertiary/aromatic N) is 2. The lowest BCUT2D eigenvalue weighted by atomic mass is 10.1. The molecule has 0 atom stereocenters. The van der Waals surface area contributed by atoms with Crippen molar-refractivity contribution in [3.63, 3.8) is 0 Å². The molecule has 1 N–H and O–H groups in total. The van der Waals surface area contributed by atoms with Crippen LogP contribution in [0.4, 0.5) is 0 Å². The summed E-state index contributed by atoms with van der Waals surface area (Å²) in [5.41, 5.74) is 1.72. The topological polar surface area (TPSA) is 59.2 Å². The fourth-order valence-corrected chi connectivity index (χ4v) is 1.50. The van der Waals surface area contributed by atoms with Gasteiger partial charge in [-0.25, -0.2) is 0 Å². The van der Waals surface area contributed by atoms with E-state index in [0.717, 1.165) is 24.0 Å². The van der Waals surface area contributed by atoms with Crippen molar-refractivity contribution in [2.24, 2.45) is 0 Å². The summed E-state index contributed by atoms with van der Waals surface area (Å²) in [7, 11) is 0. The van der Waals surface area contributed by atoms with E-state index in [9.17, 15) is 0 Å². The molecule has 4 heteroatoms. The van der Waals surface area contributed by atoms with Crippen LogP contribution in [0.25, 0.3) is 11.4 Å². The summed E-state index contributed by atoms with van der Waals surface area (Å²) >= 11 is 0. The molecule has 0 aliphatic rings. The van der Waals surface area contributed by atoms with Gasteiger partial charge in [-0.1, -0.05) is 30.3 Å². The van der Waals surface area contributed by atoms with E-state index in [1.54, 1.807) is 0 Å². The second-order valence-electron chi connectivity index (χ2n) is 3.62. The lowest BCUT2D eigenvalue weighted by Gasteiger charge is -1.97. The van der Waals surface area contributed by atoms with Crippen molar-refractivity contribution >= 4 is 0 Å². The minimum absolute atomic E-state index is 0.0213. The standard InChI is InChI=1S/C12H14N2O2/c1-2-4-11-13-12(14-16-11)10-6-3-5-9(7-10)8-15/h3,5-7,15H,2,4,8H2,1H3. The Kier molecular flexibility index (Phi) is 3.31. The Bertz CT molecular complexity index is 466. The van der Waals surface area contributed by atoms with E-state index >= 15 is 0 Å². The summed E-state index contributed by atoms with van der Waals surface area (Å²) in [6.07, 6.45) is 1.78. The number of aliphatic hydroxyl groups is 1. The van der Waals surface area contributed by atoms with E-state index in [1.807, 2.05) is 24.3 Å². The van der Waals surface area contributed by atoms with Crippen LogP contribution >= 0.6 is 0 Å². The number of aromatic nitrogens is 2. The highest BCUT2D eigenvalue weighted by atomic mass is 16.5. The van der Waals surface area contributed by atoms with Crippen molar-refractivity contribution in [1.29, 1.82) is 0 Å². The van der Waals surface area contributed by atoms with Crippen LogP contribution in [0.5, 0.6) is 0 Å². The fraction of sp³-hybridized carbons (Fsp3) is 0.333. The van der Waals surface area contributed by atoms with Crippen LogP contribution < -0.4 is 0 Å². The van der Waals surface area contributed by atoms with Crippen LogP contribution in [0.15, 0.2) is 28.8 Å². The van der Waals surface area contributed by atoms with Gasteiger partial charge in [0.2, 0.25) is 11.7 Å². The van der Waals surface area contributed by atoms with Gasteiger partial charge >= 0.3 is 0 Å². The molecule has 0 saturated heterocycles. The SMILES string of the molecule is CCCc1nc(-c2cccc(CO)c2)no1. The van der Waals surface area contributed by atoms with Crippen LogP contribution in [0, 0.1) is 0 Å². The molecule has 0 spiro atoms. The van der Waals surface area contributed by atoms with Crippen molar-refractivity contribution in [1.82, 2.24) is 10.1 Å². The zero-order chi connectivity index (χ0) is 11.4. The molecule has 2 rings (SSSR count). The summed E-state index contributed by atoms with van der Waals surface area (Å²) in [5.74, 6) is 1.24. The smallest absolute Gasteiger partial charge is 0.226 e. The van der Waals surface area contributed by atoms with Gasteiger partial charge in [0.05, 0.1) is 6.61 Å². The van der Waals surface area contributed by atoms with E-state index in [4.69, 9.17) is 9.63 Å². The molecule has 0 saturated carbocycles. The Morgan fingerprint density at radius 1 is 1.38 bits per heavy atom. The first-order chi connectivity index (χ1) is 7.83. The summed E-state index contributed by atoms with van der Waals surface area (Å²) < 4.78 is 5.11. The van der Waals surface area contributed by atoms with Gasteiger partial charge in [0.15, 0.2) is 0 Å². The van der Waals surface area contributed by atoms with Crippen molar-refractivity contribution in [3.05, 3.63) is 35.7 Å². The predicted octanol–water partition coefficient (Wildman–Crippen LogP) is 2.18. The van der Waals surface area contributed by atoms with Crippen LogP contribution in [0.3, 0.4) is 0 Å². The molecular formula is C12H14N2O2. The van der Waals surface area contributed by atoms with Crippen LogP contribution in [0.2, 0.25) is 0 Å². The molecule has 84 valence electrons. The molecule has 1 aromatic carbocycles. The normalized spacial score (nSPS) is 10.6. The van der Waals surface area contributed by atoms with Gasteiger partial charge in [-0.15, -0.1) is 0 Å². The maximum Gasteiger partial charge on any atom is 0.226 e. The molecule has 0 radical (unpaired) electrons. The largest absolute Gasteiger partial charge is 0.392 e. The van der Waals surface area contributed by atoms with Gasteiger partial charge in [0, 0.05) is 12.0 Å². The molecule has 0 bridgehead atoms. The van der Waals surface area contributed by atoms with E-state index < -0.39 is 0 Å². The van der Waals surface area contributed by atoms with Crippen molar-refractivity contribution in [3.8, 4) is 11.4 Å². The summed E-state index contributed by atoms with van der Waals surface area (Å²) in [6.45, 7) is 2.09. The Morgan fingerprint density at radius 3 is 3.00 bits per heavy atom. The zero-order valence-electron chi connectivity index (χ0n) is 9.18. The Balaban J connectivity index is 2.27. The minimum Gasteiger partial charge on any atom is -0.392 e. The number of aliphatic hydroxyl groups excluding tert-OH is 1. The van der Waals surface area contributed by atoms with Gasteiger partial charge in [-0.05, 0) is 18.1 Å². The van der Waals surface area contributed by atoms with Crippen molar-refractivity contribution in [2.45, 2.75) is 26.4 Å². The number of rotatable bonds is 4. The summed E-state index contributed by atoms with van der Waals surface area (Å²) in [6, 6.07) is 7.49. The lowest BCUT2D eigenvalue weighted by Crippen LogP contribution is -1.87. The van der Waals surface area contributed by atoms with E-state index in [2.05, 4.69) is 17.1 Å². The number of aryl methyl sites for hydroxylation is 1. The molecule has 1 aromatic heterocycles. The van der Waals surface area contributed by atoms with Crippen LogP contribution in [-0.2, 0) is 13.0 Å². The number of hydrogen-bond donors (Lipinski definition) is 1. The first-order valence-corrected chi connectivity index (χ1v) is 5.36. The molecule has 0 aliphatic carbocycles. The molecule has 0 aliphatic heterocycles. The third-order valence-corrected chi connectivity index (χ3v) is 2.30. The first kappa shape index (κ1) is 10.8. The number of benzene rings is 1. The van der Waals surface area contributed by atoms with Crippen molar-refractivity contribution in [2.75, 3.05) is 0 Å². The fourth-order valence-electron chi connectivity index (χ4n) is 1.50. The highest BCUT2D eigenvalue weighted by Crippen LogP contribution is 2.17. The maximum absolute atomic E-state index is 9.03. The minimum atomic E-state index is 0.0213. The molecule has 0 amide bonds. The van der Waals surface area contributed by atoms with Gasteiger partial charge in [0.25, 0.3) is 0 Å². The summed E-state index contributed by atoms with van der Waals surface area (Å²) in [4.78, 5) is 4.29. The highest BCUT2D eigenvalue weighted by molar-refractivity contribution is 5.55. The average Bonchev–Trinajstić information content (AvgIpc) is 2.78. The Labute approximate surface area is 93.9 Å². The third kappa shape index (κ3) is 2.28. The van der Waals surface area contributed by atoms with Crippen LogP contribution in [0.1, 0.15) is 24.8 Å². The maximum atomic E-state index is 9.03.